The maximum atomic E-state index is 10.4. The van der Waals surface area contributed by atoms with Gasteiger partial charge in [0.1, 0.15) is 36.9 Å². The van der Waals surface area contributed by atoms with Crippen molar-refractivity contribution in [1.29, 1.82) is 0 Å². The molecule has 5 rings (SSSR count). The van der Waals surface area contributed by atoms with E-state index in [-0.39, 0.29) is 12.7 Å². The number of aliphatic hydroxyl groups is 1. The molecule has 7 nitrogen and oxygen atoms in total. The van der Waals surface area contributed by atoms with Gasteiger partial charge in [-0.3, -0.25) is 4.68 Å². The topological polar surface area (TPSA) is 77.8 Å². The lowest BCUT2D eigenvalue weighted by molar-refractivity contribution is 0.0779. The lowest BCUT2D eigenvalue weighted by Crippen LogP contribution is -2.41. The molecule has 32 heavy (non-hydrogen) atoms. The van der Waals surface area contributed by atoms with Crippen molar-refractivity contribution in [3.63, 3.8) is 0 Å². The smallest absolute Gasteiger partial charge is 0.161 e. The molecular weight excluding hydrogens is 426 g/mol. The van der Waals surface area contributed by atoms with E-state index in [1.807, 2.05) is 60.3 Å². The van der Waals surface area contributed by atoms with Gasteiger partial charge in [0, 0.05) is 25.7 Å². The lowest BCUT2D eigenvalue weighted by atomic mass is 10.1. The molecule has 0 radical (unpaired) electrons. The van der Waals surface area contributed by atoms with Crippen LogP contribution in [0.3, 0.4) is 0 Å². The minimum absolute atomic E-state index is 0.101. The molecule has 0 amide bonds. The molecule has 0 bridgehead atoms. The highest BCUT2D eigenvalue weighted by molar-refractivity contribution is 7.17. The summed E-state index contributed by atoms with van der Waals surface area (Å²) in [5, 5.41) is 20.4. The molecule has 3 heterocycles. The van der Waals surface area contributed by atoms with Crippen LogP contribution in [0.4, 0.5) is 0 Å². The zero-order valence-electron chi connectivity index (χ0n) is 17.7. The largest absolute Gasteiger partial charge is 0.490 e. The van der Waals surface area contributed by atoms with Crippen molar-refractivity contribution in [2.75, 3.05) is 26.3 Å². The van der Waals surface area contributed by atoms with Crippen molar-refractivity contribution >= 4 is 21.6 Å². The van der Waals surface area contributed by atoms with E-state index in [4.69, 9.17) is 14.2 Å². The minimum atomic E-state index is -0.662. The van der Waals surface area contributed by atoms with Crippen LogP contribution >= 0.6 is 11.3 Å². The Morgan fingerprint density at radius 2 is 2.00 bits per heavy atom. The Bertz CT molecular complexity index is 1200. The summed E-state index contributed by atoms with van der Waals surface area (Å²) >= 11 is 1.66. The van der Waals surface area contributed by atoms with Gasteiger partial charge < -0.3 is 24.6 Å². The second-order valence-corrected chi connectivity index (χ2v) is 8.64. The maximum absolute atomic E-state index is 10.4. The fourth-order valence-electron chi connectivity index (χ4n) is 3.77. The number of ether oxygens (including phenoxy) is 3. The normalized spacial score (nSPS) is 16.2. The molecule has 2 aromatic heterocycles. The number of nitrogens with zero attached hydrogens (tertiary/aromatic N) is 2. The van der Waals surface area contributed by atoms with Crippen LogP contribution in [-0.4, -0.2) is 53.4 Å². The van der Waals surface area contributed by atoms with Gasteiger partial charge in [0.15, 0.2) is 11.5 Å². The van der Waals surface area contributed by atoms with E-state index in [9.17, 15) is 5.11 Å². The highest BCUT2D eigenvalue weighted by Crippen LogP contribution is 2.36. The van der Waals surface area contributed by atoms with Crippen LogP contribution in [0.1, 0.15) is 0 Å². The van der Waals surface area contributed by atoms with Gasteiger partial charge in [0.05, 0.1) is 10.2 Å². The third kappa shape index (κ3) is 4.29. The highest BCUT2D eigenvalue weighted by Gasteiger charge is 2.21. The van der Waals surface area contributed by atoms with Crippen molar-refractivity contribution < 1.29 is 19.3 Å². The Balaban J connectivity index is 1.15. The van der Waals surface area contributed by atoms with E-state index in [0.717, 1.165) is 33.0 Å². The molecule has 1 aliphatic heterocycles. The number of aliphatic hydroxyl groups excluding tert-OH is 1. The number of thiophene rings is 1. The molecule has 0 spiro atoms. The van der Waals surface area contributed by atoms with E-state index in [0.29, 0.717) is 25.4 Å². The first-order chi connectivity index (χ1) is 15.7. The van der Waals surface area contributed by atoms with Crippen molar-refractivity contribution in [3.8, 4) is 28.5 Å². The van der Waals surface area contributed by atoms with Gasteiger partial charge in [-0.2, -0.15) is 5.10 Å². The Morgan fingerprint density at radius 1 is 1.19 bits per heavy atom. The second-order valence-electron chi connectivity index (χ2n) is 7.72. The molecule has 0 saturated heterocycles. The minimum Gasteiger partial charge on any atom is -0.490 e. The zero-order valence-corrected chi connectivity index (χ0v) is 18.5. The zero-order chi connectivity index (χ0) is 21.9. The van der Waals surface area contributed by atoms with Gasteiger partial charge in [0.25, 0.3) is 0 Å². The van der Waals surface area contributed by atoms with E-state index in [2.05, 4.69) is 21.9 Å². The maximum Gasteiger partial charge on any atom is 0.161 e. The van der Waals surface area contributed by atoms with Crippen molar-refractivity contribution in [1.82, 2.24) is 15.1 Å². The predicted octanol–water partition coefficient (Wildman–Crippen LogP) is 3.47. The summed E-state index contributed by atoms with van der Waals surface area (Å²) in [6.07, 6.45) is -0.763. The number of aryl methyl sites for hydroxylation is 1. The molecule has 0 fully saturated rings. The van der Waals surface area contributed by atoms with Gasteiger partial charge in [-0.1, -0.05) is 24.3 Å². The summed E-state index contributed by atoms with van der Waals surface area (Å²) in [6, 6.07) is 17.5. The van der Waals surface area contributed by atoms with Crippen molar-refractivity contribution in [2.45, 2.75) is 12.2 Å². The fourth-order valence-corrected chi connectivity index (χ4v) is 4.68. The Morgan fingerprint density at radius 3 is 2.91 bits per heavy atom. The SMILES string of the molecule is Cn1nc(-c2ccccc2OCC(O)CNCC2COc3ccccc3O2)c2sccc21. The average Bonchev–Trinajstić information content (AvgIpc) is 3.42. The Kier molecular flexibility index (Phi) is 5.98. The van der Waals surface area contributed by atoms with Crippen LogP contribution in [0, 0.1) is 0 Å². The summed E-state index contributed by atoms with van der Waals surface area (Å²) in [6.45, 7) is 1.62. The third-order valence-corrected chi connectivity index (χ3v) is 6.26. The monoisotopic (exact) mass is 451 g/mol. The van der Waals surface area contributed by atoms with Gasteiger partial charge in [-0.05, 0) is 35.7 Å². The number of rotatable bonds is 8. The number of aromatic nitrogens is 2. The summed E-state index contributed by atoms with van der Waals surface area (Å²) in [7, 11) is 1.94. The number of hydrogen-bond acceptors (Lipinski definition) is 7. The van der Waals surface area contributed by atoms with Crippen LogP contribution in [0.15, 0.2) is 60.0 Å². The van der Waals surface area contributed by atoms with E-state index in [1.165, 1.54) is 0 Å². The standard InChI is InChI=1S/C24H25N3O4S/c1-27-19-10-11-32-24(19)23(26-27)18-6-2-3-7-20(18)29-14-16(28)12-25-13-17-15-30-21-8-4-5-9-22(21)31-17/h2-11,16-17,25,28H,12-15H2,1H3. The van der Waals surface area contributed by atoms with E-state index < -0.39 is 6.10 Å². The Labute approximate surface area is 190 Å². The number of hydrogen-bond donors (Lipinski definition) is 2. The molecule has 166 valence electrons. The van der Waals surface area contributed by atoms with Crippen LogP contribution in [0.5, 0.6) is 17.2 Å². The summed E-state index contributed by atoms with van der Waals surface area (Å²) in [5.74, 6) is 2.23. The van der Waals surface area contributed by atoms with Crippen LogP contribution in [0.2, 0.25) is 0 Å². The van der Waals surface area contributed by atoms with Crippen LogP contribution in [0.25, 0.3) is 21.5 Å². The van der Waals surface area contributed by atoms with Crippen molar-refractivity contribution in [3.05, 3.63) is 60.0 Å². The van der Waals surface area contributed by atoms with Crippen LogP contribution < -0.4 is 19.5 Å². The molecule has 4 aromatic rings. The van der Waals surface area contributed by atoms with Gasteiger partial charge in [-0.25, -0.2) is 0 Å². The summed E-state index contributed by atoms with van der Waals surface area (Å²) in [5.41, 5.74) is 2.92. The molecule has 2 aromatic carbocycles. The quantitative estimate of drug-likeness (QED) is 0.427. The average molecular weight is 452 g/mol. The molecule has 8 heteroatoms. The summed E-state index contributed by atoms with van der Waals surface area (Å²) in [4.78, 5) is 0. The van der Waals surface area contributed by atoms with E-state index >= 15 is 0 Å². The van der Waals surface area contributed by atoms with Gasteiger partial charge >= 0.3 is 0 Å². The Hall–Kier alpha value is -3.07. The number of nitrogens with one attached hydrogen (secondary N) is 1. The first kappa shape index (κ1) is 20.8. The van der Waals surface area contributed by atoms with Crippen molar-refractivity contribution in [2.24, 2.45) is 7.05 Å². The van der Waals surface area contributed by atoms with Gasteiger partial charge in [-0.15, -0.1) is 11.3 Å². The number of fused-ring (bicyclic) bond motifs is 2. The van der Waals surface area contributed by atoms with Crippen LogP contribution in [-0.2, 0) is 7.05 Å². The van der Waals surface area contributed by atoms with Gasteiger partial charge in [0.2, 0.25) is 0 Å². The number of benzene rings is 2. The third-order valence-electron chi connectivity index (χ3n) is 5.35. The predicted molar refractivity (Wildman–Crippen MR) is 125 cm³/mol. The lowest BCUT2D eigenvalue weighted by Gasteiger charge is -2.27. The molecule has 1 aliphatic rings. The first-order valence-corrected chi connectivity index (χ1v) is 11.5. The summed E-state index contributed by atoms with van der Waals surface area (Å²) < 4.78 is 20.6. The second kappa shape index (κ2) is 9.20. The number of para-hydroxylation sites is 3. The highest BCUT2D eigenvalue weighted by atomic mass is 32.1. The van der Waals surface area contributed by atoms with E-state index in [1.54, 1.807) is 11.3 Å². The molecule has 0 aliphatic carbocycles. The molecular formula is C24H25N3O4S. The molecule has 2 atom stereocenters. The molecule has 0 saturated carbocycles. The molecule has 2 N–H and O–H groups in total. The fraction of sp³-hybridized carbons (Fsp3) is 0.292. The molecule has 2 unspecified atom stereocenters. The first-order valence-electron chi connectivity index (χ1n) is 10.6.